The molecule has 0 radical (unpaired) electrons. The molecule has 2 saturated heterocycles. The normalized spacial score (nSPS) is 36.0. The largest absolute Gasteiger partial charge is 0.292 e. The minimum absolute atomic E-state index is 0.104. The van der Waals surface area contributed by atoms with Crippen molar-refractivity contribution >= 4 is 35.0 Å². The minimum Gasteiger partial charge on any atom is -0.292 e. The van der Waals surface area contributed by atoms with Gasteiger partial charge in [0.25, 0.3) is 0 Å². The van der Waals surface area contributed by atoms with Crippen LogP contribution in [0, 0.1) is 11.8 Å². The van der Waals surface area contributed by atoms with Gasteiger partial charge in [-0.25, -0.2) is 4.90 Å². The molecule has 0 N–H and O–H groups in total. The Morgan fingerprint density at radius 2 is 1.78 bits per heavy atom. The van der Waals surface area contributed by atoms with E-state index in [0.717, 1.165) is 0 Å². The Morgan fingerprint density at radius 1 is 1.09 bits per heavy atom. The molecule has 0 saturated carbocycles. The number of imide groups is 1. The second-order valence-electron chi connectivity index (χ2n) is 6.08. The van der Waals surface area contributed by atoms with Crippen LogP contribution in [-0.2, 0) is 14.4 Å². The zero-order valence-corrected chi connectivity index (χ0v) is 13.6. The summed E-state index contributed by atoms with van der Waals surface area (Å²) in [6, 6.07) is 8.72. The van der Waals surface area contributed by atoms with E-state index < -0.39 is 16.7 Å². The Hall–Kier alpha value is -1.92. The molecule has 3 aliphatic heterocycles. The highest BCUT2D eigenvalue weighted by atomic mass is 32.2. The Kier molecular flexibility index (Phi) is 3.05. The average Bonchev–Trinajstić information content (AvgIpc) is 2.90. The quantitative estimate of drug-likeness (QED) is 0.766. The average molecular weight is 328 g/mol. The first kappa shape index (κ1) is 14.7. The first-order valence-corrected chi connectivity index (χ1v) is 8.70. The molecule has 6 heteroatoms. The van der Waals surface area contributed by atoms with Crippen molar-refractivity contribution in [1.82, 2.24) is 4.90 Å². The van der Waals surface area contributed by atoms with Gasteiger partial charge in [-0.15, -0.1) is 11.8 Å². The predicted molar refractivity (Wildman–Crippen MR) is 87.9 cm³/mol. The van der Waals surface area contributed by atoms with Crippen LogP contribution >= 0.6 is 11.8 Å². The van der Waals surface area contributed by atoms with E-state index in [1.165, 1.54) is 22.7 Å². The monoisotopic (exact) mass is 328 g/mol. The van der Waals surface area contributed by atoms with Gasteiger partial charge < -0.3 is 0 Å². The molecule has 5 nitrogen and oxygen atoms in total. The maximum absolute atomic E-state index is 13.1. The number of thioether (sulfide) groups is 1. The number of para-hydroxylation sites is 1. The number of carbonyl (C=O) groups excluding carboxylic acids is 3. The van der Waals surface area contributed by atoms with Crippen LogP contribution in [-0.4, -0.2) is 46.7 Å². The summed E-state index contributed by atoms with van der Waals surface area (Å²) in [6.45, 7) is 0. The van der Waals surface area contributed by atoms with Crippen LogP contribution in [0.1, 0.15) is 0 Å². The second-order valence-corrected chi connectivity index (χ2v) is 7.11. The lowest BCUT2D eigenvalue weighted by atomic mass is 9.89. The number of carbonyl (C=O) groups is 3. The molecule has 4 atom stereocenters. The van der Waals surface area contributed by atoms with E-state index >= 15 is 0 Å². The summed E-state index contributed by atoms with van der Waals surface area (Å²) in [5.41, 5.74) is 0.574. The number of anilines is 1. The van der Waals surface area contributed by atoms with Crippen molar-refractivity contribution in [3.8, 4) is 0 Å². The Labute approximate surface area is 138 Å². The number of amides is 2. The molecule has 2 amide bonds. The van der Waals surface area contributed by atoms with Crippen LogP contribution in [0.3, 0.4) is 0 Å². The molecule has 4 unspecified atom stereocenters. The molecular weight excluding hydrogens is 312 g/mol. The minimum atomic E-state index is -0.972. The van der Waals surface area contributed by atoms with Crippen molar-refractivity contribution in [3.05, 3.63) is 42.5 Å². The van der Waals surface area contributed by atoms with Crippen LogP contribution in [0.2, 0.25) is 0 Å². The summed E-state index contributed by atoms with van der Waals surface area (Å²) in [5, 5.41) is 0. The lowest BCUT2D eigenvalue weighted by Gasteiger charge is -2.39. The molecule has 1 aromatic rings. The van der Waals surface area contributed by atoms with Gasteiger partial charge in [0.2, 0.25) is 11.8 Å². The first-order chi connectivity index (χ1) is 11.0. The third kappa shape index (κ3) is 1.60. The van der Waals surface area contributed by atoms with Gasteiger partial charge in [-0.2, -0.15) is 0 Å². The number of fused-ring (bicyclic) bond motifs is 5. The van der Waals surface area contributed by atoms with Crippen LogP contribution in [0.25, 0.3) is 0 Å². The van der Waals surface area contributed by atoms with E-state index in [4.69, 9.17) is 0 Å². The number of nitrogens with zero attached hydrogens (tertiary/aromatic N) is 2. The summed E-state index contributed by atoms with van der Waals surface area (Å²) in [5.74, 6) is -1.72. The Bertz CT molecular complexity index is 747. The highest BCUT2D eigenvalue weighted by molar-refractivity contribution is 8.00. The number of hydrogen-bond donors (Lipinski definition) is 0. The van der Waals surface area contributed by atoms with Crippen molar-refractivity contribution < 1.29 is 14.4 Å². The molecule has 0 aromatic heterocycles. The van der Waals surface area contributed by atoms with E-state index in [2.05, 4.69) is 0 Å². The molecular formula is C17H16N2O3S. The molecule has 118 valence electrons. The van der Waals surface area contributed by atoms with E-state index in [0.29, 0.717) is 5.69 Å². The molecule has 1 aromatic carbocycles. The summed E-state index contributed by atoms with van der Waals surface area (Å²) < 4.78 is 0. The van der Waals surface area contributed by atoms with Crippen molar-refractivity contribution in [2.24, 2.45) is 11.8 Å². The lowest BCUT2D eigenvalue weighted by molar-refractivity contribution is -0.129. The van der Waals surface area contributed by atoms with Gasteiger partial charge in [0.15, 0.2) is 5.78 Å². The molecule has 0 aliphatic carbocycles. The first-order valence-electron chi connectivity index (χ1n) is 7.47. The van der Waals surface area contributed by atoms with E-state index in [-0.39, 0.29) is 23.6 Å². The van der Waals surface area contributed by atoms with Crippen LogP contribution in [0.15, 0.2) is 42.5 Å². The Balaban J connectivity index is 1.86. The molecule has 2 fully saturated rings. The third-order valence-corrected chi connectivity index (χ3v) is 6.60. The topological polar surface area (TPSA) is 57.7 Å². The number of hydrogen-bond acceptors (Lipinski definition) is 5. The summed E-state index contributed by atoms with van der Waals surface area (Å²) in [7, 11) is 1.83. The maximum Gasteiger partial charge on any atom is 0.241 e. The lowest BCUT2D eigenvalue weighted by Crippen LogP contribution is -2.55. The van der Waals surface area contributed by atoms with Crippen molar-refractivity contribution in [2.75, 3.05) is 18.2 Å². The van der Waals surface area contributed by atoms with Gasteiger partial charge in [0, 0.05) is 6.04 Å². The van der Waals surface area contributed by atoms with E-state index in [1.807, 2.05) is 24.3 Å². The predicted octanol–water partition coefficient (Wildman–Crippen LogP) is 1.30. The number of benzene rings is 1. The van der Waals surface area contributed by atoms with Gasteiger partial charge in [-0.3, -0.25) is 19.3 Å². The fourth-order valence-electron chi connectivity index (χ4n) is 4.21. The van der Waals surface area contributed by atoms with Gasteiger partial charge in [0.05, 0.1) is 17.5 Å². The number of ketones is 1. The van der Waals surface area contributed by atoms with E-state index in [9.17, 15) is 14.4 Å². The molecule has 0 spiro atoms. The molecule has 2 bridgehead atoms. The SMILES string of the molecule is CSC12C(=O)C=CC(C3C(=O)N(c4ccccc4)C(=O)C31)N2C. The van der Waals surface area contributed by atoms with Crippen molar-refractivity contribution in [3.63, 3.8) is 0 Å². The fraction of sp³-hybridized carbons (Fsp3) is 0.353. The summed E-state index contributed by atoms with van der Waals surface area (Å²) >= 11 is 1.36. The maximum atomic E-state index is 13.1. The van der Waals surface area contributed by atoms with Crippen LogP contribution in [0.4, 0.5) is 5.69 Å². The van der Waals surface area contributed by atoms with Gasteiger partial charge in [0.1, 0.15) is 4.87 Å². The highest BCUT2D eigenvalue weighted by Gasteiger charge is 2.71. The fourth-order valence-corrected chi connectivity index (χ4v) is 5.39. The van der Waals surface area contributed by atoms with Crippen LogP contribution in [0.5, 0.6) is 0 Å². The van der Waals surface area contributed by atoms with Crippen molar-refractivity contribution in [2.45, 2.75) is 10.9 Å². The second kappa shape index (κ2) is 4.79. The van der Waals surface area contributed by atoms with Crippen LogP contribution < -0.4 is 4.90 Å². The van der Waals surface area contributed by atoms with Gasteiger partial charge in [-0.05, 0) is 31.5 Å². The highest BCUT2D eigenvalue weighted by Crippen LogP contribution is 2.55. The molecule has 23 heavy (non-hydrogen) atoms. The molecule has 3 aliphatic rings. The zero-order valence-electron chi connectivity index (χ0n) is 12.8. The number of likely N-dealkylation sites (N-methyl/N-ethyl adjacent to an activating group) is 1. The smallest absolute Gasteiger partial charge is 0.241 e. The Morgan fingerprint density at radius 3 is 2.43 bits per heavy atom. The molecule has 3 heterocycles. The summed E-state index contributed by atoms with van der Waals surface area (Å²) in [6.07, 6.45) is 5.13. The standard InChI is InChI=1S/C17H16N2O3S/c1-18-11-8-9-12(20)17(18,23-2)14-13(11)15(21)19(16(14)22)10-6-4-3-5-7-10/h3-9,11,13-14H,1-2H3. The van der Waals surface area contributed by atoms with Gasteiger partial charge in [-0.1, -0.05) is 24.3 Å². The van der Waals surface area contributed by atoms with Gasteiger partial charge >= 0.3 is 0 Å². The van der Waals surface area contributed by atoms with Crippen molar-refractivity contribution in [1.29, 1.82) is 0 Å². The number of rotatable bonds is 2. The molecule has 4 rings (SSSR count). The summed E-state index contributed by atoms with van der Waals surface area (Å²) in [4.78, 5) is 40.9. The van der Waals surface area contributed by atoms with E-state index in [1.54, 1.807) is 30.3 Å². The zero-order chi connectivity index (χ0) is 16.4. The third-order valence-electron chi connectivity index (χ3n) is 5.24.